The minimum absolute atomic E-state index is 0.171. The van der Waals surface area contributed by atoms with Crippen molar-refractivity contribution in [2.24, 2.45) is 0 Å². The van der Waals surface area contributed by atoms with E-state index < -0.39 is 235 Å². The molecule has 0 spiro atoms. The molecule has 0 saturated carbocycles. The summed E-state index contributed by atoms with van der Waals surface area (Å²) in [5, 5.41) is 197. The van der Waals surface area contributed by atoms with E-state index in [-0.39, 0.29) is 12.3 Å². The first-order valence-electron chi connectivity index (χ1n) is 42.7. The lowest BCUT2D eigenvalue weighted by atomic mass is 9.88. The largest absolute Gasteiger partial charge is 0.477 e. The van der Waals surface area contributed by atoms with Crippen LogP contribution in [0.3, 0.4) is 0 Å². The van der Waals surface area contributed by atoms with E-state index in [0.29, 0.717) is 12.8 Å². The highest BCUT2D eigenvalue weighted by atomic mass is 16.8. The fourth-order valence-corrected chi connectivity index (χ4v) is 15.4. The molecule has 0 bridgehead atoms. The van der Waals surface area contributed by atoms with Crippen molar-refractivity contribution < 1.29 is 153 Å². The van der Waals surface area contributed by atoms with Gasteiger partial charge in [-0.05, 0) is 44.9 Å². The van der Waals surface area contributed by atoms with Gasteiger partial charge < -0.3 is 150 Å². The van der Waals surface area contributed by atoms with Crippen LogP contribution in [0.2, 0.25) is 0 Å². The topological polar surface area (TPSA) is 541 Å². The third-order valence-electron chi connectivity index (χ3n) is 22.2. The maximum atomic E-state index is 13.6. The lowest BCUT2D eigenvalue weighted by Gasteiger charge is -2.51. The summed E-state index contributed by atoms with van der Waals surface area (Å²) in [6.45, 7) is 0.668. The van der Waals surface area contributed by atoms with Crippen molar-refractivity contribution in [3.8, 4) is 0 Å². The number of rotatable bonds is 59. The van der Waals surface area contributed by atoms with Gasteiger partial charge in [0.1, 0.15) is 116 Å². The van der Waals surface area contributed by atoms with E-state index in [1.165, 1.54) is 148 Å². The molecule has 5 rings (SSSR count). The Morgan fingerprint density at radius 3 is 1.30 bits per heavy atom. The van der Waals surface area contributed by atoms with Crippen molar-refractivity contribution in [2.75, 3.05) is 39.6 Å². The number of ether oxygens (including phenoxy) is 10. The molecule has 34 heteroatoms. The highest BCUT2D eigenvalue weighted by Gasteiger charge is 2.61. The van der Waals surface area contributed by atoms with E-state index in [1.807, 2.05) is 6.08 Å². The van der Waals surface area contributed by atoms with Crippen LogP contribution in [-0.4, -0.2) is 321 Å². The van der Waals surface area contributed by atoms with Crippen molar-refractivity contribution in [2.45, 2.75) is 424 Å². The zero-order valence-electron chi connectivity index (χ0n) is 68.2. The van der Waals surface area contributed by atoms with E-state index >= 15 is 0 Å². The van der Waals surface area contributed by atoms with Crippen LogP contribution in [0.15, 0.2) is 24.3 Å². The molecule has 0 aromatic heterocycles. The summed E-state index contributed by atoms with van der Waals surface area (Å²) in [4.78, 5) is 51.8. The van der Waals surface area contributed by atoms with E-state index in [4.69, 9.17) is 47.4 Å². The van der Waals surface area contributed by atoms with Crippen LogP contribution in [0.25, 0.3) is 0 Å². The molecular formula is C81H145N3O31. The number of carbonyl (C=O) groups is 4. The zero-order chi connectivity index (χ0) is 84.4. The van der Waals surface area contributed by atoms with E-state index in [0.717, 1.165) is 65.2 Å². The van der Waals surface area contributed by atoms with Gasteiger partial charge in [-0.3, -0.25) is 14.4 Å². The minimum Gasteiger partial charge on any atom is -0.477 e. The number of allylic oxidation sites excluding steroid dienone is 3. The predicted molar refractivity (Wildman–Crippen MR) is 415 cm³/mol. The van der Waals surface area contributed by atoms with Crippen molar-refractivity contribution in [3.05, 3.63) is 24.3 Å². The van der Waals surface area contributed by atoms with Crippen LogP contribution in [0.1, 0.15) is 252 Å². The van der Waals surface area contributed by atoms with Crippen LogP contribution in [0, 0.1) is 0 Å². The molecular weight excluding hydrogens is 1510 g/mol. The minimum atomic E-state index is -3.20. The number of unbranched alkanes of at least 4 members (excludes halogenated alkanes) is 30. The Bertz CT molecular complexity index is 2700. The summed E-state index contributed by atoms with van der Waals surface area (Å²) in [5.41, 5.74) is 0. The summed E-state index contributed by atoms with van der Waals surface area (Å²) in [6, 6.07) is -4.61. The molecule has 5 aliphatic heterocycles. The molecule has 5 fully saturated rings. The normalized spacial score (nSPS) is 33.1. The van der Waals surface area contributed by atoms with Crippen LogP contribution < -0.4 is 16.0 Å². The monoisotopic (exact) mass is 1660 g/mol. The van der Waals surface area contributed by atoms with Gasteiger partial charge in [0, 0.05) is 26.7 Å². The first-order valence-corrected chi connectivity index (χ1v) is 42.7. The summed E-state index contributed by atoms with van der Waals surface area (Å²) >= 11 is 0. The van der Waals surface area contributed by atoms with Crippen molar-refractivity contribution in [3.63, 3.8) is 0 Å². The zero-order valence-corrected chi connectivity index (χ0v) is 68.2. The van der Waals surface area contributed by atoms with Crippen LogP contribution in [0.4, 0.5) is 0 Å². The number of aliphatic carboxylic acids is 1. The van der Waals surface area contributed by atoms with Gasteiger partial charge in [-0.2, -0.15) is 0 Å². The number of aliphatic hydroxyl groups is 16. The average Bonchev–Trinajstić information content (AvgIpc) is 0.754. The molecule has 20 N–H and O–H groups in total. The van der Waals surface area contributed by atoms with Gasteiger partial charge in [-0.1, -0.05) is 205 Å². The number of hydrogen-bond acceptors (Lipinski definition) is 30. The third kappa shape index (κ3) is 33.6. The summed E-state index contributed by atoms with van der Waals surface area (Å²) in [5.74, 6) is -7.31. The molecule has 0 aliphatic carbocycles. The van der Waals surface area contributed by atoms with E-state index in [1.54, 1.807) is 6.08 Å². The lowest BCUT2D eigenvalue weighted by Crippen LogP contribution is -2.71. The van der Waals surface area contributed by atoms with Gasteiger partial charge in [0.2, 0.25) is 17.7 Å². The lowest BCUT2D eigenvalue weighted by molar-refractivity contribution is -0.390. The Kier molecular flexibility index (Phi) is 49.7. The second-order valence-electron chi connectivity index (χ2n) is 31.7. The molecule has 670 valence electrons. The molecule has 28 atom stereocenters. The fraction of sp³-hybridized carbons (Fsp3) is 0.901. The van der Waals surface area contributed by atoms with Crippen molar-refractivity contribution in [1.82, 2.24) is 16.0 Å². The molecule has 0 aromatic rings. The molecule has 5 saturated heterocycles. The second-order valence-corrected chi connectivity index (χ2v) is 31.7. The third-order valence-corrected chi connectivity index (χ3v) is 22.2. The molecule has 5 aliphatic rings. The quantitative estimate of drug-likeness (QED) is 0.0305. The smallest absolute Gasteiger partial charge is 0.364 e. The highest BCUT2D eigenvalue weighted by molar-refractivity contribution is 5.77. The molecule has 5 heterocycles. The van der Waals surface area contributed by atoms with Crippen LogP contribution in [-0.2, 0) is 66.5 Å². The van der Waals surface area contributed by atoms with Crippen molar-refractivity contribution >= 4 is 23.7 Å². The number of amides is 3. The molecule has 115 heavy (non-hydrogen) atoms. The highest BCUT2D eigenvalue weighted by Crippen LogP contribution is 2.40. The Balaban J connectivity index is 1.20. The first-order chi connectivity index (χ1) is 55.3. The Hall–Kier alpha value is -3.68. The number of aliphatic hydroxyl groups excluding tert-OH is 16. The van der Waals surface area contributed by atoms with Gasteiger partial charge in [0.05, 0.1) is 63.9 Å². The first kappa shape index (κ1) is 102. The molecule has 0 aromatic carbocycles. The summed E-state index contributed by atoms with van der Waals surface area (Å²) in [7, 11) is 0. The van der Waals surface area contributed by atoms with Gasteiger partial charge >= 0.3 is 5.97 Å². The van der Waals surface area contributed by atoms with Crippen LogP contribution in [0.5, 0.6) is 0 Å². The molecule has 34 nitrogen and oxygen atoms in total. The van der Waals surface area contributed by atoms with Gasteiger partial charge in [0.25, 0.3) is 5.79 Å². The van der Waals surface area contributed by atoms with E-state index in [9.17, 15) is 106 Å². The van der Waals surface area contributed by atoms with E-state index in [2.05, 4.69) is 41.9 Å². The van der Waals surface area contributed by atoms with Crippen LogP contribution >= 0.6 is 0 Å². The average molecular weight is 1660 g/mol. The summed E-state index contributed by atoms with van der Waals surface area (Å²) < 4.78 is 58.9. The van der Waals surface area contributed by atoms with Gasteiger partial charge in [-0.25, -0.2) is 4.79 Å². The molecule has 0 radical (unpaired) electrons. The number of carboxylic acid groups (broad SMARTS) is 1. The second kappa shape index (κ2) is 56.1. The van der Waals surface area contributed by atoms with Gasteiger partial charge in [-0.15, -0.1) is 0 Å². The van der Waals surface area contributed by atoms with Gasteiger partial charge in [0.15, 0.2) is 25.2 Å². The molecule has 10 unspecified atom stereocenters. The standard InChI is InChI=1S/C81H145N3O31/c1-5-7-9-11-13-15-17-19-20-21-22-23-24-25-26-27-28-30-32-34-36-38-40-42-60(95)84-52(53(92)41-39-37-35-33-31-29-18-16-14-12-10-8-6-2)49-106-77-68(101)67(100)72(59(48-89)110-77)112-78-69(102)74(64(97)56(45-86)107-78)113-76-62(83-51(4)91)66(99)71(58(47-88)109-76)111-79-70(103)75(65(98)57(46-87)108-79)115-81(80(104)105)43-54(93)61(82-50(3)90)73(114-81)63(96)55(94)44-85/h19-20,39,41,52-59,61-79,85-89,92-94,96-103H,5-18,21-38,40,42-49H2,1-4H3,(H,82,90)(H,83,91)(H,84,95)(H,104,105)/b20-19-,41-39+/t52-,53+,54?,55+,56?,57?,58?,59?,61+,62?,63+,64-,65-,66+,67+,68?,69?,70?,71+,72+,73?,74-,75-,76-,77+,78-,79-,81-/m0/s1. The summed E-state index contributed by atoms with van der Waals surface area (Å²) in [6.07, 6.45) is -2.25. The predicted octanol–water partition coefficient (Wildman–Crippen LogP) is 1.85. The maximum absolute atomic E-state index is 13.6. The maximum Gasteiger partial charge on any atom is 0.364 e. The number of carboxylic acids is 1. The number of hydrogen-bond donors (Lipinski definition) is 20. The Labute approximate surface area is 677 Å². The fourth-order valence-electron chi connectivity index (χ4n) is 15.4. The Morgan fingerprint density at radius 2 is 0.852 bits per heavy atom. The Morgan fingerprint density at radius 1 is 0.452 bits per heavy atom. The SMILES string of the molecule is CCCCCCCC/C=C\CCCCCCCCCCCCCCCC(=O)N[C@@H](CO[C@@H]1OC(CO)[C@@H](O[C@@H]2OC(CO)[C@H](O)[C@H](O[C@@H]3OC(CO)[C@@H](O[C@@H]4OC(CO)[C@H](O)[C@H](O[C@]5(C(=O)O)CC(O)[C@@H](NC(C)=O)C([C@H](O)[C@H](O)CO)O5)C4O)[C@H](O)C3NC(C)=O)C2O)[C@H](O)C1O)[C@H](O)/C=C/CCCCCCCCCCCCC. The number of carbonyl (C=O) groups excluding carboxylic acids is 3. The molecule has 3 amide bonds. The number of nitrogens with one attached hydrogen (secondary N) is 3. The van der Waals surface area contributed by atoms with Crippen molar-refractivity contribution in [1.29, 1.82) is 0 Å².